The Morgan fingerprint density at radius 1 is 0.833 bits per heavy atom. The van der Waals surface area contributed by atoms with Gasteiger partial charge in [-0.25, -0.2) is 0 Å². The minimum Gasteiger partial charge on any atom is -0.396 e. The van der Waals surface area contributed by atoms with Gasteiger partial charge in [-0.05, 0) is 19.3 Å². The molecule has 0 radical (unpaired) electrons. The second-order valence-electron chi connectivity index (χ2n) is 3.12. The normalized spacial score (nSPS) is 10.8. The van der Waals surface area contributed by atoms with E-state index >= 15 is 0 Å². The molecule has 2 nitrogen and oxygen atoms in total. The topological polar surface area (TPSA) is 40.5 Å². The van der Waals surface area contributed by atoms with Gasteiger partial charge in [0.05, 0.1) is 6.61 Å². The Balaban J connectivity index is -0.000000141. The SMILES string of the molecule is C.C.C.C.C=CC(CO)C/C=C\CC/C=C/CO. The molecule has 0 aromatic heterocycles. The highest BCUT2D eigenvalue weighted by Gasteiger charge is 1.96. The summed E-state index contributed by atoms with van der Waals surface area (Å²) in [7, 11) is 0. The third-order valence-electron chi connectivity index (χ3n) is 1.95. The molecule has 0 saturated carbocycles. The van der Waals surface area contributed by atoms with Crippen molar-refractivity contribution in [2.75, 3.05) is 13.2 Å². The van der Waals surface area contributed by atoms with E-state index in [-0.39, 0.29) is 48.8 Å². The second kappa shape index (κ2) is 25.1. The molecular weight excluding hydrogens is 224 g/mol. The van der Waals surface area contributed by atoms with Crippen molar-refractivity contribution in [3.05, 3.63) is 37.0 Å². The lowest BCUT2D eigenvalue weighted by atomic mass is 10.1. The highest BCUT2D eigenvalue weighted by atomic mass is 16.3. The molecule has 2 heteroatoms. The molecule has 1 atom stereocenters. The first-order valence-electron chi connectivity index (χ1n) is 4.99. The minimum atomic E-state index is 0. The van der Waals surface area contributed by atoms with Crippen LogP contribution in [-0.4, -0.2) is 23.4 Å². The van der Waals surface area contributed by atoms with Gasteiger partial charge in [-0.3, -0.25) is 0 Å². The van der Waals surface area contributed by atoms with Gasteiger partial charge in [-0.2, -0.15) is 0 Å². The van der Waals surface area contributed by atoms with Crippen LogP contribution in [0.5, 0.6) is 0 Å². The lowest BCUT2D eigenvalue weighted by molar-refractivity contribution is 0.254. The molecule has 0 aliphatic heterocycles. The lowest BCUT2D eigenvalue weighted by Crippen LogP contribution is -1.99. The third kappa shape index (κ3) is 20.5. The predicted molar refractivity (Wildman–Crippen MR) is 86.9 cm³/mol. The lowest BCUT2D eigenvalue weighted by Gasteiger charge is -2.03. The number of hydrogen-bond acceptors (Lipinski definition) is 2. The second-order valence-corrected chi connectivity index (χ2v) is 3.12. The van der Waals surface area contributed by atoms with Crippen LogP contribution in [0.3, 0.4) is 0 Å². The van der Waals surface area contributed by atoms with Crippen LogP contribution in [0.4, 0.5) is 0 Å². The van der Waals surface area contributed by atoms with E-state index in [0.717, 1.165) is 19.3 Å². The van der Waals surface area contributed by atoms with Crippen LogP contribution in [0.25, 0.3) is 0 Å². The molecule has 0 fully saturated rings. The van der Waals surface area contributed by atoms with E-state index in [2.05, 4.69) is 18.7 Å². The molecule has 0 amide bonds. The number of hydrogen-bond donors (Lipinski definition) is 2. The van der Waals surface area contributed by atoms with Gasteiger partial charge in [0.15, 0.2) is 0 Å². The first kappa shape index (κ1) is 30.3. The highest BCUT2D eigenvalue weighted by molar-refractivity contribution is 4.91. The molecule has 18 heavy (non-hydrogen) atoms. The Labute approximate surface area is 116 Å². The van der Waals surface area contributed by atoms with Crippen LogP contribution >= 0.6 is 0 Å². The van der Waals surface area contributed by atoms with Crippen molar-refractivity contribution >= 4 is 0 Å². The van der Waals surface area contributed by atoms with Crippen molar-refractivity contribution in [3.8, 4) is 0 Å². The monoisotopic (exact) mass is 260 g/mol. The van der Waals surface area contributed by atoms with Crippen molar-refractivity contribution in [2.24, 2.45) is 5.92 Å². The van der Waals surface area contributed by atoms with Gasteiger partial charge in [-0.1, -0.05) is 60.1 Å². The van der Waals surface area contributed by atoms with Crippen LogP contribution in [0.15, 0.2) is 37.0 Å². The van der Waals surface area contributed by atoms with Crippen molar-refractivity contribution in [3.63, 3.8) is 0 Å². The maximum Gasteiger partial charge on any atom is 0.0612 e. The zero-order valence-corrected chi connectivity index (χ0v) is 8.60. The van der Waals surface area contributed by atoms with Gasteiger partial charge in [-0.15, -0.1) is 6.58 Å². The Morgan fingerprint density at radius 3 is 1.72 bits per heavy atom. The Hall–Kier alpha value is -0.860. The summed E-state index contributed by atoms with van der Waals surface area (Å²) in [6, 6.07) is 0. The number of aliphatic hydroxyl groups excluding tert-OH is 2. The van der Waals surface area contributed by atoms with Crippen LogP contribution in [0.1, 0.15) is 49.0 Å². The number of allylic oxidation sites excluding steroid dienone is 3. The summed E-state index contributed by atoms with van der Waals surface area (Å²) >= 11 is 0. The van der Waals surface area contributed by atoms with Crippen LogP contribution in [-0.2, 0) is 0 Å². The summed E-state index contributed by atoms with van der Waals surface area (Å²) in [4.78, 5) is 0. The van der Waals surface area contributed by atoms with E-state index in [0.29, 0.717) is 0 Å². The first-order valence-corrected chi connectivity index (χ1v) is 4.99. The summed E-state index contributed by atoms with van der Waals surface area (Å²) < 4.78 is 0. The van der Waals surface area contributed by atoms with Crippen LogP contribution < -0.4 is 0 Å². The summed E-state index contributed by atoms with van der Waals surface area (Å²) in [6.45, 7) is 3.92. The van der Waals surface area contributed by atoms with E-state index in [1.165, 1.54) is 0 Å². The van der Waals surface area contributed by atoms with Crippen molar-refractivity contribution < 1.29 is 10.2 Å². The minimum absolute atomic E-state index is 0. The summed E-state index contributed by atoms with van der Waals surface area (Å²) in [5, 5.41) is 17.3. The molecule has 0 spiro atoms. The molecule has 1 unspecified atom stereocenters. The van der Waals surface area contributed by atoms with Gasteiger partial charge < -0.3 is 10.2 Å². The molecule has 0 rings (SSSR count). The van der Waals surface area contributed by atoms with Gasteiger partial charge >= 0.3 is 0 Å². The van der Waals surface area contributed by atoms with E-state index in [9.17, 15) is 0 Å². The Bertz CT molecular complexity index is 184. The van der Waals surface area contributed by atoms with E-state index in [1.54, 1.807) is 12.2 Å². The van der Waals surface area contributed by atoms with E-state index in [1.807, 2.05) is 6.08 Å². The summed E-state index contributed by atoms with van der Waals surface area (Å²) in [6.07, 6.45) is 12.4. The molecule has 2 N–H and O–H groups in total. The fraction of sp³-hybridized carbons (Fsp3) is 0.625. The molecule has 0 aromatic carbocycles. The zero-order valence-electron chi connectivity index (χ0n) is 8.60. The van der Waals surface area contributed by atoms with Crippen molar-refractivity contribution in [1.29, 1.82) is 0 Å². The number of aliphatic hydroxyl groups is 2. The van der Waals surface area contributed by atoms with E-state index in [4.69, 9.17) is 10.2 Å². The fourth-order valence-corrected chi connectivity index (χ4v) is 1.02. The maximum absolute atomic E-state index is 8.85. The molecule has 0 bridgehead atoms. The number of unbranched alkanes of at least 4 members (excludes halogenated alkanes) is 1. The van der Waals surface area contributed by atoms with E-state index < -0.39 is 0 Å². The van der Waals surface area contributed by atoms with Gasteiger partial charge in [0.2, 0.25) is 0 Å². The quantitative estimate of drug-likeness (QED) is 0.494. The number of rotatable bonds is 8. The van der Waals surface area contributed by atoms with Crippen molar-refractivity contribution in [2.45, 2.75) is 49.0 Å². The standard InChI is InChI=1S/C12H20O2.4CH4/c1-2-12(11-14)9-7-5-3-4-6-8-10-13;;;;/h2,5-8,12-14H,1,3-4,9-11H2;4*1H4/b7-5-,8-6+;;;;. The Kier molecular flexibility index (Phi) is 42.2. The average molecular weight is 260 g/mol. The smallest absolute Gasteiger partial charge is 0.0612 e. The molecule has 0 aliphatic rings. The summed E-state index contributed by atoms with van der Waals surface area (Å²) in [5.41, 5.74) is 0. The third-order valence-corrected chi connectivity index (χ3v) is 1.95. The molecule has 112 valence electrons. The fourth-order valence-electron chi connectivity index (χ4n) is 1.02. The summed E-state index contributed by atoms with van der Waals surface area (Å²) in [5.74, 6) is 0.180. The predicted octanol–water partition coefficient (Wildman–Crippen LogP) is 4.60. The molecule has 0 heterocycles. The Morgan fingerprint density at radius 2 is 1.33 bits per heavy atom. The molecule has 0 aromatic rings. The van der Waals surface area contributed by atoms with Gasteiger partial charge in [0.25, 0.3) is 0 Å². The maximum atomic E-state index is 8.85. The van der Waals surface area contributed by atoms with Gasteiger partial charge in [0.1, 0.15) is 0 Å². The molecule has 0 saturated heterocycles. The van der Waals surface area contributed by atoms with Crippen molar-refractivity contribution in [1.82, 2.24) is 0 Å². The van der Waals surface area contributed by atoms with Gasteiger partial charge in [0, 0.05) is 12.5 Å². The highest BCUT2D eigenvalue weighted by Crippen LogP contribution is 2.04. The van der Waals surface area contributed by atoms with Crippen LogP contribution in [0, 0.1) is 5.92 Å². The average Bonchev–Trinajstić information content (AvgIpc) is 2.22. The largest absolute Gasteiger partial charge is 0.396 e. The molecule has 0 aliphatic carbocycles. The van der Waals surface area contributed by atoms with Crippen LogP contribution in [0.2, 0.25) is 0 Å². The first-order chi connectivity index (χ1) is 6.85. The molecular formula is C16H36O2. The zero-order chi connectivity index (χ0) is 10.6.